The van der Waals surface area contributed by atoms with Gasteiger partial charge in [0.2, 0.25) is 11.9 Å². The lowest BCUT2D eigenvalue weighted by molar-refractivity contribution is -0.114. The average molecular weight is 490 g/mol. The lowest BCUT2D eigenvalue weighted by atomic mass is 10.1. The Kier molecular flexibility index (Phi) is 5.91. The van der Waals surface area contributed by atoms with Gasteiger partial charge in [-0.15, -0.1) is 11.3 Å². The number of carbonyl (C=O) groups is 1. The number of amides is 1. The number of pyridine rings is 1. The number of fused-ring (bicyclic) bond motifs is 1. The van der Waals surface area contributed by atoms with E-state index in [0.717, 1.165) is 27.2 Å². The predicted molar refractivity (Wildman–Crippen MR) is 137 cm³/mol. The third-order valence-corrected chi connectivity index (χ3v) is 6.37. The maximum absolute atomic E-state index is 11.3. The Hall–Kier alpha value is -3.88. The quantitative estimate of drug-likeness (QED) is 0.273. The minimum Gasteiger partial charge on any atom is -0.457 e. The summed E-state index contributed by atoms with van der Waals surface area (Å²) in [6, 6.07) is 19.0. The Labute approximate surface area is 205 Å². The molecule has 0 radical (unpaired) electrons. The van der Waals surface area contributed by atoms with Gasteiger partial charge in [0.05, 0.1) is 11.0 Å². The van der Waals surface area contributed by atoms with Gasteiger partial charge >= 0.3 is 0 Å². The first-order chi connectivity index (χ1) is 16.5. The molecule has 170 valence electrons. The molecule has 0 spiro atoms. The Morgan fingerprint density at radius 2 is 1.94 bits per heavy atom. The highest BCUT2D eigenvalue weighted by Gasteiger charge is 2.12. The second-order valence-electron chi connectivity index (χ2n) is 7.60. The standard InChI is InChI=1S/C25H20ClN5O2S/c1-15(32)28-24-14-18(9-10-27-24)33-17-6-8-22-21(13-17)30-25(31(22)2)29-16-5-7-20(26)19(12-16)23-4-3-11-34-23/h3-14H,1-2H3,(H,29,30)(H,27,28,32). The Balaban J connectivity index is 1.40. The van der Waals surface area contributed by atoms with Crippen LogP contribution in [-0.4, -0.2) is 20.4 Å². The van der Waals surface area contributed by atoms with Gasteiger partial charge in [0, 0.05) is 53.5 Å². The Morgan fingerprint density at radius 1 is 1.09 bits per heavy atom. The van der Waals surface area contributed by atoms with E-state index in [4.69, 9.17) is 21.3 Å². The number of benzene rings is 2. The summed E-state index contributed by atoms with van der Waals surface area (Å²) in [5, 5.41) is 8.78. The number of anilines is 3. The van der Waals surface area contributed by atoms with Gasteiger partial charge < -0.3 is 19.9 Å². The molecule has 0 unspecified atom stereocenters. The molecule has 3 aromatic heterocycles. The molecule has 0 fully saturated rings. The molecule has 0 aliphatic carbocycles. The van der Waals surface area contributed by atoms with E-state index in [2.05, 4.69) is 15.6 Å². The molecule has 0 saturated heterocycles. The van der Waals surface area contributed by atoms with Crippen LogP contribution >= 0.6 is 22.9 Å². The number of aromatic nitrogens is 3. The summed E-state index contributed by atoms with van der Waals surface area (Å²) >= 11 is 8.07. The van der Waals surface area contributed by atoms with Crippen molar-refractivity contribution in [3.63, 3.8) is 0 Å². The van der Waals surface area contributed by atoms with Crippen LogP contribution in [0.5, 0.6) is 11.5 Å². The van der Waals surface area contributed by atoms with E-state index in [1.807, 2.05) is 65.5 Å². The molecule has 2 aromatic carbocycles. The van der Waals surface area contributed by atoms with E-state index in [1.165, 1.54) is 6.92 Å². The van der Waals surface area contributed by atoms with Crippen LogP contribution in [0, 0.1) is 0 Å². The first-order valence-corrected chi connectivity index (χ1v) is 11.7. The fourth-order valence-corrected chi connectivity index (χ4v) is 4.60. The van der Waals surface area contributed by atoms with Gasteiger partial charge in [-0.1, -0.05) is 17.7 Å². The van der Waals surface area contributed by atoms with E-state index in [-0.39, 0.29) is 5.91 Å². The van der Waals surface area contributed by atoms with Crippen LogP contribution in [0.15, 0.2) is 72.2 Å². The zero-order chi connectivity index (χ0) is 23.7. The number of hydrogen-bond donors (Lipinski definition) is 2. The fourth-order valence-electron chi connectivity index (χ4n) is 3.57. The number of aryl methyl sites for hydroxylation is 1. The minimum atomic E-state index is -0.192. The maximum Gasteiger partial charge on any atom is 0.222 e. The molecule has 3 heterocycles. The average Bonchev–Trinajstić information content (AvgIpc) is 3.44. The van der Waals surface area contributed by atoms with E-state index in [0.29, 0.717) is 28.3 Å². The lowest BCUT2D eigenvalue weighted by Crippen LogP contribution is -2.07. The highest BCUT2D eigenvalue weighted by atomic mass is 35.5. The molecular weight excluding hydrogens is 470 g/mol. The zero-order valence-corrected chi connectivity index (χ0v) is 19.9. The van der Waals surface area contributed by atoms with Crippen molar-refractivity contribution >= 4 is 57.3 Å². The fraction of sp³-hybridized carbons (Fsp3) is 0.0800. The second-order valence-corrected chi connectivity index (χ2v) is 8.96. The summed E-state index contributed by atoms with van der Waals surface area (Å²) in [5.41, 5.74) is 3.61. The van der Waals surface area contributed by atoms with Crippen molar-refractivity contribution in [1.82, 2.24) is 14.5 Å². The van der Waals surface area contributed by atoms with E-state index in [9.17, 15) is 4.79 Å². The molecular formula is C25H20ClN5O2S. The van der Waals surface area contributed by atoms with Crippen LogP contribution < -0.4 is 15.4 Å². The Morgan fingerprint density at radius 3 is 2.74 bits per heavy atom. The zero-order valence-electron chi connectivity index (χ0n) is 18.4. The highest BCUT2D eigenvalue weighted by Crippen LogP contribution is 2.35. The van der Waals surface area contributed by atoms with Crippen molar-refractivity contribution in [3.05, 3.63) is 77.3 Å². The summed E-state index contributed by atoms with van der Waals surface area (Å²) in [4.78, 5) is 21.2. The lowest BCUT2D eigenvalue weighted by Gasteiger charge is -2.09. The van der Waals surface area contributed by atoms with Crippen molar-refractivity contribution < 1.29 is 9.53 Å². The van der Waals surface area contributed by atoms with E-state index in [1.54, 1.807) is 29.7 Å². The van der Waals surface area contributed by atoms with Crippen LogP contribution in [0.3, 0.4) is 0 Å². The molecule has 0 saturated carbocycles. The summed E-state index contributed by atoms with van der Waals surface area (Å²) in [6.45, 7) is 1.43. The second kappa shape index (κ2) is 9.17. The van der Waals surface area contributed by atoms with Crippen LogP contribution in [0.1, 0.15) is 6.92 Å². The van der Waals surface area contributed by atoms with Gasteiger partial charge in [0.1, 0.15) is 17.3 Å². The minimum absolute atomic E-state index is 0.192. The number of nitrogens with zero attached hydrogens (tertiary/aromatic N) is 3. The van der Waals surface area contributed by atoms with Crippen molar-refractivity contribution in [2.24, 2.45) is 7.05 Å². The van der Waals surface area contributed by atoms with Gasteiger partial charge in [-0.25, -0.2) is 9.97 Å². The largest absolute Gasteiger partial charge is 0.457 e. The van der Waals surface area contributed by atoms with Crippen LogP contribution in [0.2, 0.25) is 5.02 Å². The number of hydrogen-bond acceptors (Lipinski definition) is 6. The first-order valence-electron chi connectivity index (χ1n) is 10.4. The topological polar surface area (TPSA) is 81.1 Å². The maximum atomic E-state index is 11.3. The molecule has 1 amide bonds. The van der Waals surface area contributed by atoms with Gasteiger partial charge in [-0.05, 0) is 47.8 Å². The Bertz CT molecular complexity index is 1500. The smallest absolute Gasteiger partial charge is 0.222 e. The molecule has 7 nitrogen and oxygen atoms in total. The molecule has 5 aromatic rings. The van der Waals surface area contributed by atoms with Crippen molar-refractivity contribution in [3.8, 4) is 21.9 Å². The van der Waals surface area contributed by atoms with Crippen molar-refractivity contribution in [1.29, 1.82) is 0 Å². The number of nitrogens with one attached hydrogen (secondary N) is 2. The summed E-state index contributed by atoms with van der Waals surface area (Å²) in [7, 11) is 1.96. The first kappa shape index (κ1) is 21.9. The summed E-state index contributed by atoms with van der Waals surface area (Å²) in [5.74, 6) is 2.13. The van der Waals surface area contributed by atoms with Crippen LogP contribution in [0.4, 0.5) is 17.5 Å². The molecule has 34 heavy (non-hydrogen) atoms. The number of ether oxygens (including phenoxy) is 1. The monoisotopic (exact) mass is 489 g/mol. The van der Waals surface area contributed by atoms with Gasteiger partial charge in [-0.3, -0.25) is 4.79 Å². The number of imidazole rings is 1. The molecule has 0 aliphatic heterocycles. The third-order valence-electron chi connectivity index (χ3n) is 5.13. The van der Waals surface area contributed by atoms with Crippen LogP contribution in [0.25, 0.3) is 21.5 Å². The van der Waals surface area contributed by atoms with Gasteiger partial charge in [0.15, 0.2) is 0 Å². The molecule has 0 aliphatic rings. The van der Waals surface area contributed by atoms with Crippen molar-refractivity contribution in [2.75, 3.05) is 10.6 Å². The molecule has 0 bridgehead atoms. The van der Waals surface area contributed by atoms with E-state index < -0.39 is 0 Å². The predicted octanol–water partition coefficient (Wildman–Crippen LogP) is 6.84. The molecule has 5 rings (SSSR count). The summed E-state index contributed by atoms with van der Waals surface area (Å²) in [6.07, 6.45) is 1.58. The molecule has 0 atom stereocenters. The van der Waals surface area contributed by atoms with E-state index >= 15 is 0 Å². The number of thiophene rings is 1. The van der Waals surface area contributed by atoms with Gasteiger partial charge in [0.25, 0.3) is 0 Å². The summed E-state index contributed by atoms with van der Waals surface area (Å²) < 4.78 is 7.96. The number of halogens is 1. The number of carbonyl (C=O) groups excluding carboxylic acids is 1. The normalized spacial score (nSPS) is 10.9. The van der Waals surface area contributed by atoms with Crippen molar-refractivity contribution in [2.45, 2.75) is 6.92 Å². The van der Waals surface area contributed by atoms with Crippen LogP contribution in [-0.2, 0) is 11.8 Å². The van der Waals surface area contributed by atoms with Gasteiger partial charge in [-0.2, -0.15) is 0 Å². The third kappa shape index (κ3) is 4.59. The molecule has 9 heteroatoms. The SMILES string of the molecule is CC(=O)Nc1cc(Oc2ccc3c(c2)nc(Nc2ccc(Cl)c(-c4cccs4)c2)n3C)ccn1. The molecule has 2 N–H and O–H groups in total. The number of rotatable bonds is 6. The highest BCUT2D eigenvalue weighted by molar-refractivity contribution is 7.13.